The molecule has 2 aromatic carbocycles. The summed E-state index contributed by atoms with van der Waals surface area (Å²) in [5.74, 6) is -0.740. The highest BCUT2D eigenvalue weighted by molar-refractivity contribution is 5.94. The Morgan fingerprint density at radius 3 is 2.46 bits per heavy atom. The topological polar surface area (TPSA) is 75.7 Å². The average Bonchev–Trinajstić information content (AvgIpc) is 2.68. The van der Waals surface area contributed by atoms with E-state index in [9.17, 15) is 14.4 Å². The van der Waals surface area contributed by atoms with Crippen LogP contribution in [0, 0.1) is 0 Å². The zero-order valence-corrected chi connectivity index (χ0v) is 15.8. The number of nitrogens with one attached hydrogen (secondary N) is 1. The number of carbonyl (C=O) groups excluding carboxylic acids is 3. The molecule has 1 aliphatic rings. The van der Waals surface area contributed by atoms with Crippen LogP contribution in [0.3, 0.4) is 0 Å². The number of esters is 1. The molecular weight excluding hydrogens is 356 g/mol. The van der Waals surface area contributed by atoms with E-state index in [1.54, 1.807) is 42.3 Å². The lowest BCUT2D eigenvalue weighted by molar-refractivity contribution is -0.129. The summed E-state index contributed by atoms with van der Waals surface area (Å²) in [7, 11) is 0. The van der Waals surface area contributed by atoms with E-state index in [1.165, 1.54) is 6.92 Å². The molecule has 0 unspecified atom stereocenters. The highest BCUT2D eigenvalue weighted by atomic mass is 16.5. The van der Waals surface area contributed by atoms with Crippen LogP contribution in [0.1, 0.15) is 47.8 Å². The van der Waals surface area contributed by atoms with Crippen molar-refractivity contribution in [3.63, 3.8) is 0 Å². The number of nitrogens with zero attached hydrogens (tertiary/aromatic N) is 1. The molecule has 1 heterocycles. The summed E-state index contributed by atoms with van der Waals surface area (Å²) in [5, 5.41) is 2.82. The Balaban J connectivity index is 1.72. The summed E-state index contributed by atoms with van der Waals surface area (Å²) in [4.78, 5) is 37.9. The smallest absolute Gasteiger partial charge is 0.338 e. The third kappa shape index (κ3) is 4.28. The lowest BCUT2D eigenvalue weighted by Gasteiger charge is -2.32. The van der Waals surface area contributed by atoms with Crippen molar-refractivity contribution < 1.29 is 19.1 Å². The molecule has 1 atom stereocenters. The van der Waals surface area contributed by atoms with Crippen molar-refractivity contribution in [2.75, 3.05) is 11.9 Å². The van der Waals surface area contributed by atoms with Crippen molar-refractivity contribution in [2.45, 2.75) is 26.3 Å². The number of anilines is 1. The molecule has 0 fully saturated rings. The van der Waals surface area contributed by atoms with Gasteiger partial charge in [0, 0.05) is 18.8 Å². The minimum atomic E-state index is -0.400. The molecule has 1 N–H and O–H groups in total. The van der Waals surface area contributed by atoms with E-state index in [4.69, 9.17) is 4.74 Å². The van der Waals surface area contributed by atoms with E-state index in [0.717, 1.165) is 11.1 Å². The van der Waals surface area contributed by atoms with Gasteiger partial charge in [0.25, 0.3) is 0 Å². The highest BCUT2D eigenvalue weighted by Crippen LogP contribution is 2.33. The van der Waals surface area contributed by atoms with E-state index >= 15 is 0 Å². The van der Waals surface area contributed by atoms with Crippen LogP contribution in [-0.4, -0.2) is 29.3 Å². The number of rotatable bonds is 5. The van der Waals surface area contributed by atoms with Crippen molar-refractivity contribution in [3.8, 4) is 0 Å². The fraction of sp³-hybridized carbons (Fsp3) is 0.227. The normalized spacial score (nSPS) is 14.9. The fourth-order valence-corrected chi connectivity index (χ4v) is 3.20. The van der Waals surface area contributed by atoms with Gasteiger partial charge in [-0.15, -0.1) is 0 Å². The average molecular weight is 378 g/mol. The second kappa shape index (κ2) is 8.52. The molecule has 2 amide bonds. The van der Waals surface area contributed by atoms with Gasteiger partial charge in [0.05, 0.1) is 24.6 Å². The summed E-state index contributed by atoms with van der Waals surface area (Å²) in [5.41, 5.74) is 2.94. The van der Waals surface area contributed by atoms with Gasteiger partial charge in [-0.05, 0) is 48.4 Å². The standard InChI is InChI=1S/C22H22N2O4/c1-3-28-22(27)17-8-10-18(11-9-17)23-21(26)14-20-19-7-5-4-6-16(19)12-13-24(20)15(2)25/h4-13,20H,3,14H2,1-2H3,(H,23,26)/t20-/m1/s1. The van der Waals surface area contributed by atoms with Gasteiger partial charge in [-0.3, -0.25) is 9.59 Å². The van der Waals surface area contributed by atoms with Crippen molar-refractivity contribution in [1.82, 2.24) is 4.90 Å². The van der Waals surface area contributed by atoms with Gasteiger partial charge in [-0.2, -0.15) is 0 Å². The zero-order valence-electron chi connectivity index (χ0n) is 15.8. The molecular formula is C22H22N2O4. The van der Waals surface area contributed by atoms with Gasteiger partial charge in [0.1, 0.15) is 0 Å². The maximum Gasteiger partial charge on any atom is 0.338 e. The largest absolute Gasteiger partial charge is 0.462 e. The second-order valence-corrected chi connectivity index (χ2v) is 6.44. The molecule has 0 spiro atoms. The van der Waals surface area contributed by atoms with Crippen molar-refractivity contribution in [1.29, 1.82) is 0 Å². The molecule has 0 aliphatic carbocycles. The summed E-state index contributed by atoms with van der Waals surface area (Å²) >= 11 is 0. The first-order chi connectivity index (χ1) is 13.5. The number of benzene rings is 2. The second-order valence-electron chi connectivity index (χ2n) is 6.44. The van der Waals surface area contributed by atoms with E-state index in [-0.39, 0.29) is 24.3 Å². The third-order valence-electron chi connectivity index (χ3n) is 4.53. The predicted octanol–water partition coefficient (Wildman–Crippen LogP) is 3.77. The third-order valence-corrected chi connectivity index (χ3v) is 4.53. The van der Waals surface area contributed by atoms with Crippen LogP contribution in [0.2, 0.25) is 0 Å². The summed E-state index contributed by atoms with van der Waals surface area (Å²) in [6.07, 6.45) is 3.72. The predicted molar refractivity (Wildman–Crippen MR) is 106 cm³/mol. The number of carbonyl (C=O) groups is 3. The minimum Gasteiger partial charge on any atom is -0.462 e. The van der Waals surface area contributed by atoms with Crippen molar-refractivity contribution in [2.24, 2.45) is 0 Å². The Kier molecular flexibility index (Phi) is 5.89. The van der Waals surface area contributed by atoms with Crippen molar-refractivity contribution >= 4 is 29.5 Å². The number of fused-ring (bicyclic) bond motifs is 1. The van der Waals surface area contributed by atoms with Gasteiger partial charge in [0.15, 0.2) is 0 Å². The van der Waals surface area contributed by atoms with Gasteiger partial charge >= 0.3 is 5.97 Å². The van der Waals surface area contributed by atoms with Crippen LogP contribution < -0.4 is 5.32 Å². The van der Waals surface area contributed by atoms with Crippen LogP contribution in [0.4, 0.5) is 5.69 Å². The monoisotopic (exact) mass is 378 g/mol. The van der Waals surface area contributed by atoms with Crippen molar-refractivity contribution in [3.05, 3.63) is 71.4 Å². The molecule has 6 nitrogen and oxygen atoms in total. The van der Waals surface area contributed by atoms with E-state index < -0.39 is 5.97 Å². The first-order valence-electron chi connectivity index (χ1n) is 9.12. The zero-order chi connectivity index (χ0) is 20.1. The first-order valence-corrected chi connectivity index (χ1v) is 9.12. The summed E-state index contributed by atoms with van der Waals surface area (Å²) < 4.78 is 4.95. The van der Waals surface area contributed by atoms with Crippen LogP contribution >= 0.6 is 0 Å². The number of amides is 2. The molecule has 0 radical (unpaired) electrons. The minimum absolute atomic E-state index is 0.123. The first kappa shape index (κ1) is 19.4. The van der Waals surface area contributed by atoms with Gasteiger partial charge in [-0.25, -0.2) is 4.79 Å². The lowest BCUT2D eigenvalue weighted by Crippen LogP contribution is -2.33. The van der Waals surface area contributed by atoms with Gasteiger partial charge in [-0.1, -0.05) is 24.3 Å². The summed E-state index contributed by atoms with van der Waals surface area (Å²) in [6.45, 7) is 3.54. The van der Waals surface area contributed by atoms with E-state index in [1.807, 2.05) is 30.3 Å². The van der Waals surface area contributed by atoms with Gasteiger partial charge in [0.2, 0.25) is 11.8 Å². The van der Waals surface area contributed by atoms with E-state index in [2.05, 4.69) is 5.32 Å². The molecule has 0 saturated carbocycles. The van der Waals surface area contributed by atoms with Crippen LogP contribution in [0.25, 0.3) is 6.08 Å². The molecule has 0 bridgehead atoms. The van der Waals surface area contributed by atoms with Crippen LogP contribution in [0.15, 0.2) is 54.7 Å². The Morgan fingerprint density at radius 2 is 1.79 bits per heavy atom. The number of ether oxygens (including phenoxy) is 1. The number of hydrogen-bond acceptors (Lipinski definition) is 4. The van der Waals surface area contributed by atoms with Gasteiger partial charge < -0.3 is 15.0 Å². The Hall–Kier alpha value is -3.41. The Labute approximate surface area is 163 Å². The molecule has 6 heteroatoms. The molecule has 3 rings (SSSR count). The molecule has 144 valence electrons. The van der Waals surface area contributed by atoms with Crippen LogP contribution in [0.5, 0.6) is 0 Å². The maximum atomic E-state index is 12.6. The molecule has 2 aromatic rings. The molecule has 0 saturated heterocycles. The van der Waals surface area contributed by atoms with Crippen LogP contribution in [-0.2, 0) is 14.3 Å². The fourth-order valence-electron chi connectivity index (χ4n) is 3.20. The number of hydrogen-bond donors (Lipinski definition) is 1. The summed E-state index contributed by atoms with van der Waals surface area (Å²) in [6, 6.07) is 13.9. The molecule has 1 aliphatic heterocycles. The Morgan fingerprint density at radius 1 is 1.07 bits per heavy atom. The molecule has 0 aromatic heterocycles. The molecule has 28 heavy (non-hydrogen) atoms. The van der Waals surface area contributed by atoms with E-state index in [0.29, 0.717) is 17.9 Å². The Bertz CT molecular complexity index is 918. The maximum absolute atomic E-state index is 12.6. The SMILES string of the molecule is CCOC(=O)c1ccc(NC(=O)C[C@@H]2c3ccccc3C=CN2C(C)=O)cc1. The lowest BCUT2D eigenvalue weighted by atomic mass is 9.93. The quantitative estimate of drug-likeness (QED) is 0.804. The highest BCUT2D eigenvalue weighted by Gasteiger charge is 2.28.